The molecule has 0 amide bonds. The minimum Gasteiger partial charge on any atom is -0.345 e. The summed E-state index contributed by atoms with van der Waals surface area (Å²) in [7, 11) is 2.03. The Hall–Kier alpha value is -2.46. The van der Waals surface area contributed by atoms with Crippen molar-refractivity contribution in [2.75, 3.05) is 17.2 Å². The van der Waals surface area contributed by atoms with Crippen LogP contribution in [0.4, 0.5) is 5.69 Å². The number of aromatic nitrogens is 2. The molecule has 4 heteroatoms. The van der Waals surface area contributed by atoms with Crippen LogP contribution in [0.1, 0.15) is 95.1 Å². The third kappa shape index (κ3) is 6.87. The highest BCUT2D eigenvalue weighted by atomic mass is 32.2. The van der Waals surface area contributed by atoms with Crippen molar-refractivity contribution in [3.63, 3.8) is 0 Å². The van der Waals surface area contributed by atoms with E-state index in [9.17, 15) is 0 Å². The van der Waals surface area contributed by atoms with E-state index in [0.29, 0.717) is 23.7 Å². The van der Waals surface area contributed by atoms with E-state index >= 15 is 0 Å². The molecule has 1 unspecified atom stereocenters. The summed E-state index contributed by atoms with van der Waals surface area (Å²) in [4.78, 5) is 3.80. The summed E-state index contributed by atoms with van der Waals surface area (Å²) >= 11 is 1.91. The number of anilines is 1. The van der Waals surface area contributed by atoms with Crippen LogP contribution in [-0.4, -0.2) is 22.1 Å². The van der Waals surface area contributed by atoms with Crippen molar-refractivity contribution in [3.8, 4) is 0 Å². The van der Waals surface area contributed by atoms with Gasteiger partial charge in [-0.15, -0.1) is 11.8 Å². The molecular formula is C36H49N3S. The van der Waals surface area contributed by atoms with Crippen LogP contribution >= 0.6 is 11.8 Å². The summed E-state index contributed by atoms with van der Waals surface area (Å²) in [6.07, 6.45) is 14.9. The van der Waals surface area contributed by atoms with Crippen LogP contribution in [0, 0.1) is 17.8 Å². The molecule has 0 radical (unpaired) electrons. The molecule has 2 saturated carbocycles. The molecule has 0 saturated heterocycles. The number of hydrogen-bond acceptors (Lipinski definition) is 3. The number of aryl methyl sites for hydroxylation is 1. The highest BCUT2D eigenvalue weighted by molar-refractivity contribution is 8.08. The van der Waals surface area contributed by atoms with Crippen molar-refractivity contribution < 1.29 is 0 Å². The van der Waals surface area contributed by atoms with Gasteiger partial charge in [0.2, 0.25) is 0 Å². The van der Waals surface area contributed by atoms with E-state index in [1.54, 1.807) is 0 Å². The summed E-state index contributed by atoms with van der Waals surface area (Å²) in [5.41, 5.74) is 6.63. The minimum absolute atomic E-state index is 0.614. The fourth-order valence-electron chi connectivity index (χ4n) is 6.71. The summed E-state index contributed by atoms with van der Waals surface area (Å²) in [6, 6.07) is 16.1. The lowest BCUT2D eigenvalue weighted by atomic mass is 9.78. The Morgan fingerprint density at radius 2 is 1.80 bits per heavy atom. The molecule has 0 N–H and O–H groups in total. The molecule has 1 aromatic heterocycles. The molecule has 1 atom stereocenters. The first kappa shape index (κ1) is 29.0. The molecule has 3 aromatic rings. The predicted molar refractivity (Wildman–Crippen MR) is 176 cm³/mol. The zero-order valence-corrected chi connectivity index (χ0v) is 25.9. The summed E-state index contributed by atoms with van der Waals surface area (Å²) in [6.45, 7) is 14.9. The molecule has 3 nitrogen and oxygen atoms in total. The maximum Gasteiger partial charge on any atom is 0.0679 e. The minimum atomic E-state index is 0.614. The maximum absolute atomic E-state index is 4.75. The van der Waals surface area contributed by atoms with Gasteiger partial charge in [-0.25, -0.2) is 0 Å². The maximum atomic E-state index is 4.75. The van der Waals surface area contributed by atoms with Crippen LogP contribution < -0.4 is 4.90 Å². The summed E-state index contributed by atoms with van der Waals surface area (Å²) in [5, 5.41) is 5.71. The lowest BCUT2D eigenvalue weighted by molar-refractivity contribution is 0.323. The Balaban J connectivity index is 1.29. The van der Waals surface area contributed by atoms with E-state index in [0.717, 1.165) is 12.3 Å². The number of fused-ring (bicyclic) bond motifs is 1. The second kappa shape index (κ2) is 13.5. The molecule has 0 spiro atoms. The first-order valence-electron chi connectivity index (χ1n) is 15.7. The van der Waals surface area contributed by atoms with Crippen molar-refractivity contribution in [2.45, 2.75) is 84.0 Å². The molecule has 2 aliphatic rings. The van der Waals surface area contributed by atoms with E-state index in [-0.39, 0.29) is 0 Å². The van der Waals surface area contributed by atoms with Gasteiger partial charge in [0, 0.05) is 41.0 Å². The Bertz CT molecular complexity index is 1290. The molecule has 5 rings (SSSR count). The number of hydrogen-bond donors (Lipinski definition) is 0. The molecule has 2 aliphatic carbocycles. The van der Waals surface area contributed by atoms with E-state index in [2.05, 4.69) is 72.9 Å². The lowest BCUT2D eigenvalue weighted by Crippen LogP contribution is -2.33. The Morgan fingerprint density at radius 1 is 1.02 bits per heavy atom. The van der Waals surface area contributed by atoms with Crippen LogP contribution in [-0.2, 0) is 7.05 Å². The highest BCUT2D eigenvalue weighted by Gasteiger charge is 2.28. The third-order valence-corrected chi connectivity index (χ3v) is 11.0. The third-order valence-electron chi connectivity index (χ3n) is 9.67. The van der Waals surface area contributed by atoms with Gasteiger partial charge in [-0.05, 0) is 97.6 Å². The lowest BCUT2D eigenvalue weighted by Gasteiger charge is -2.38. The van der Waals surface area contributed by atoms with Gasteiger partial charge in [0.05, 0.1) is 11.7 Å². The topological polar surface area (TPSA) is 21.1 Å². The average Bonchev–Trinajstić information content (AvgIpc) is 3.38. The zero-order valence-electron chi connectivity index (χ0n) is 25.1. The molecule has 0 bridgehead atoms. The zero-order chi connectivity index (χ0) is 28.1. The fraction of sp³-hybridized carbons (Fsp3) is 0.528. The Labute approximate surface area is 247 Å². The molecule has 1 heterocycles. The van der Waals surface area contributed by atoms with Gasteiger partial charge in [-0.3, -0.25) is 4.68 Å². The van der Waals surface area contributed by atoms with Crippen LogP contribution in [0.15, 0.2) is 67.5 Å². The van der Waals surface area contributed by atoms with Gasteiger partial charge < -0.3 is 4.90 Å². The average molecular weight is 556 g/mol. The number of nitrogens with zero attached hydrogens (tertiary/aromatic N) is 3. The van der Waals surface area contributed by atoms with Gasteiger partial charge in [0.15, 0.2) is 0 Å². The second-order valence-corrected chi connectivity index (χ2v) is 13.7. The molecule has 40 heavy (non-hydrogen) atoms. The number of thioether (sulfide) groups is 1. The second-order valence-electron chi connectivity index (χ2n) is 12.5. The number of allylic oxidation sites excluding steroid dienone is 1. The SMILES string of the molecule is C=C(SCC(C)CC)c1cccc(N(CC2CCC(c3ccc4c(cnn4C)c3)CC2)C(=C)C2CCCCC2)c1. The standard InChI is InChI=1S/C36H49N3S/c1-6-26(2)25-40-28(4)32-13-10-14-35(22-32)39(27(3)30-11-8-7-9-12-30)24-29-15-17-31(18-16-29)33-19-20-36-34(21-33)23-37-38(36)5/h10,13-14,19-23,26,29-31H,3-4,6-9,11-12,15-18,24-25H2,1-2,5H3. The van der Waals surface area contributed by atoms with E-state index in [4.69, 9.17) is 6.58 Å². The highest BCUT2D eigenvalue weighted by Crippen LogP contribution is 2.40. The smallest absolute Gasteiger partial charge is 0.0679 e. The number of rotatable bonds is 11. The molecular weight excluding hydrogens is 506 g/mol. The van der Waals surface area contributed by atoms with Gasteiger partial charge in [0.25, 0.3) is 0 Å². The van der Waals surface area contributed by atoms with Crippen molar-refractivity contribution in [1.82, 2.24) is 9.78 Å². The molecule has 214 valence electrons. The number of benzene rings is 2. The van der Waals surface area contributed by atoms with Crippen LogP contribution in [0.3, 0.4) is 0 Å². The quantitative estimate of drug-likeness (QED) is 0.235. The van der Waals surface area contributed by atoms with Gasteiger partial charge >= 0.3 is 0 Å². The molecule has 0 aliphatic heterocycles. The van der Waals surface area contributed by atoms with Crippen molar-refractivity contribution >= 4 is 33.3 Å². The van der Waals surface area contributed by atoms with Gasteiger partial charge in [-0.2, -0.15) is 5.10 Å². The van der Waals surface area contributed by atoms with Crippen LogP contribution in [0.2, 0.25) is 0 Å². The van der Waals surface area contributed by atoms with Gasteiger partial charge in [0.1, 0.15) is 0 Å². The normalized spacial score (nSPS) is 20.9. The van der Waals surface area contributed by atoms with Crippen molar-refractivity contribution in [1.29, 1.82) is 0 Å². The largest absolute Gasteiger partial charge is 0.345 e. The van der Waals surface area contributed by atoms with Crippen molar-refractivity contribution in [2.24, 2.45) is 24.8 Å². The van der Waals surface area contributed by atoms with E-state index in [1.807, 2.05) is 29.7 Å². The predicted octanol–water partition coefficient (Wildman–Crippen LogP) is 10.2. The first-order valence-corrected chi connectivity index (χ1v) is 16.7. The van der Waals surface area contributed by atoms with Crippen LogP contribution in [0.5, 0.6) is 0 Å². The summed E-state index contributed by atoms with van der Waals surface area (Å²) in [5.74, 6) is 3.82. The fourth-order valence-corrected chi connectivity index (χ4v) is 7.72. The Kier molecular flexibility index (Phi) is 9.78. The van der Waals surface area contributed by atoms with E-state index in [1.165, 1.54) is 103 Å². The summed E-state index contributed by atoms with van der Waals surface area (Å²) < 4.78 is 1.97. The first-order chi connectivity index (χ1) is 19.4. The Morgan fingerprint density at radius 3 is 2.55 bits per heavy atom. The van der Waals surface area contributed by atoms with E-state index < -0.39 is 0 Å². The monoisotopic (exact) mass is 555 g/mol. The molecule has 2 aromatic carbocycles. The van der Waals surface area contributed by atoms with Gasteiger partial charge in [-0.1, -0.05) is 70.9 Å². The van der Waals surface area contributed by atoms with Crippen LogP contribution in [0.25, 0.3) is 15.8 Å². The molecule has 2 fully saturated rings. The van der Waals surface area contributed by atoms with Crippen molar-refractivity contribution in [3.05, 3.63) is 78.6 Å².